The Kier molecular flexibility index (Phi) is 4.56. The maximum Gasteiger partial charge on any atom is 0.0554 e. The molecule has 0 saturated heterocycles. The van der Waals surface area contributed by atoms with Gasteiger partial charge in [-0.15, -0.1) is 11.3 Å². The van der Waals surface area contributed by atoms with Gasteiger partial charge in [-0.3, -0.25) is 0 Å². The zero-order valence-electron chi connectivity index (χ0n) is 9.84. The lowest BCUT2D eigenvalue weighted by Crippen LogP contribution is -2.37. The molecule has 0 aliphatic carbocycles. The topological polar surface area (TPSA) is 40.5 Å². The summed E-state index contributed by atoms with van der Waals surface area (Å²) in [6.45, 7) is -0.159. The van der Waals surface area contributed by atoms with E-state index in [0.29, 0.717) is 6.42 Å². The average molecular weight is 327 g/mol. The van der Waals surface area contributed by atoms with E-state index in [4.69, 9.17) is 0 Å². The van der Waals surface area contributed by atoms with E-state index in [9.17, 15) is 10.2 Å². The van der Waals surface area contributed by atoms with Gasteiger partial charge in [-0.2, -0.15) is 0 Å². The average Bonchev–Trinajstić information content (AvgIpc) is 2.90. The van der Waals surface area contributed by atoms with Gasteiger partial charge >= 0.3 is 0 Å². The minimum Gasteiger partial charge on any atom is -0.395 e. The molecule has 0 saturated carbocycles. The van der Waals surface area contributed by atoms with Crippen LogP contribution in [0.4, 0.5) is 0 Å². The monoisotopic (exact) mass is 326 g/mol. The van der Waals surface area contributed by atoms with Crippen LogP contribution in [0.1, 0.15) is 10.4 Å². The number of aliphatic hydroxyl groups is 2. The lowest BCUT2D eigenvalue weighted by molar-refractivity contribution is 0.116. The first kappa shape index (κ1) is 13.7. The van der Waals surface area contributed by atoms with Crippen LogP contribution in [0.15, 0.2) is 46.3 Å². The highest BCUT2D eigenvalue weighted by atomic mass is 79.9. The number of benzene rings is 1. The van der Waals surface area contributed by atoms with E-state index in [1.807, 2.05) is 41.8 Å². The normalized spacial score (nSPS) is 11.7. The summed E-state index contributed by atoms with van der Waals surface area (Å²) in [5.41, 5.74) is 0.314. The summed E-state index contributed by atoms with van der Waals surface area (Å²) in [4.78, 5) is 1.16. The molecule has 0 amide bonds. The second-order valence-electron chi connectivity index (χ2n) is 4.33. The Balaban J connectivity index is 2.40. The summed E-state index contributed by atoms with van der Waals surface area (Å²) in [7, 11) is 0. The molecule has 2 rings (SSSR count). The smallest absolute Gasteiger partial charge is 0.0554 e. The van der Waals surface area contributed by atoms with Gasteiger partial charge in [0.25, 0.3) is 0 Å². The molecule has 2 N–H and O–H groups in total. The highest BCUT2D eigenvalue weighted by Crippen LogP contribution is 2.34. The highest BCUT2D eigenvalue weighted by Gasteiger charge is 2.33. The van der Waals surface area contributed by atoms with Crippen LogP contribution in [-0.2, 0) is 11.8 Å². The molecule has 4 heteroatoms. The van der Waals surface area contributed by atoms with Crippen molar-refractivity contribution in [2.24, 2.45) is 0 Å². The summed E-state index contributed by atoms with van der Waals surface area (Å²) in [6.07, 6.45) is 0.639. The molecule has 0 spiro atoms. The van der Waals surface area contributed by atoms with Gasteiger partial charge in [0.05, 0.1) is 13.2 Å². The maximum atomic E-state index is 9.78. The van der Waals surface area contributed by atoms with Crippen molar-refractivity contribution in [3.63, 3.8) is 0 Å². The van der Waals surface area contributed by atoms with E-state index >= 15 is 0 Å². The Morgan fingerprint density at radius 2 is 1.78 bits per heavy atom. The van der Waals surface area contributed by atoms with Crippen molar-refractivity contribution in [1.29, 1.82) is 0 Å². The van der Waals surface area contributed by atoms with E-state index in [1.54, 1.807) is 11.3 Å². The fourth-order valence-corrected chi connectivity index (χ4v) is 3.62. The van der Waals surface area contributed by atoms with Crippen molar-refractivity contribution < 1.29 is 10.2 Å². The number of hydrogen-bond donors (Lipinski definition) is 2. The van der Waals surface area contributed by atoms with Gasteiger partial charge < -0.3 is 10.2 Å². The molecule has 2 nitrogen and oxygen atoms in total. The zero-order chi connectivity index (χ0) is 13.0. The predicted octanol–water partition coefficient (Wildman–Crippen LogP) is 2.98. The van der Waals surface area contributed by atoms with Crippen LogP contribution in [0.25, 0.3) is 0 Å². The van der Waals surface area contributed by atoms with Crippen molar-refractivity contribution in [2.45, 2.75) is 11.8 Å². The third-order valence-electron chi connectivity index (χ3n) is 3.14. The summed E-state index contributed by atoms with van der Waals surface area (Å²) in [6, 6.07) is 11.8. The first-order chi connectivity index (χ1) is 8.72. The van der Waals surface area contributed by atoms with Gasteiger partial charge in [-0.25, -0.2) is 0 Å². The zero-order valence-corrected chi connectivity index (χ0v) is 12.2. The number of hydrogen-bond acceptors (Lipinski definition) is 3. The van der Waals surface area contributed by atoms with Crippen LogP contribution in [0.3, 0.4) is 0 Å². The van der Waals surface area contributed by atoms with Gasteiger partial charge in [0.2, 0.25) is 0 Å². The Hall–Kier alpha value is -0.680. The Bertz CT molecular complexity index is 492. The van der Waals surface area contributed by atoms with E-state index in [0.717, 1.165) is 14.9 Å². The third kappa shape index (κ3) is 2.67. The maximum absolute atomic E-state index is 9.78. The quantitative estimate of drug-likeness (QED) is 0.886. The highest BCUT2D eigenvalue weighted by molar-refractivity contribution is 9.10. The standard InChI is InChI=1S/C14H15BrO2S/c15-13-6-2-1-5-12(13)14(9-16,10-17)8-11-4-3-7-18-11/h1-7,16-17H,8-10H2. The SMILES string of the molecule is OCC(CO)(Cc1cccs1)c1ccccc1Br. The number of thiophene rings is 1. The van der Waals surface area contributed by atoms with Gasteiger partial charge in [0, 0.05) is 14.8 Å². The summed E-state index contributed by atoms with van der Waals surface area (Å²) < 4.78 is 0.921. The summed E-state index contributed by atoms with van der Waals surface area (Å²) >= 11 is 5.14. The fraction of sp³-hybridized carbons (Fsp3) is 0.286. The largest absolute Gasteiger partial charge is 0.395 e. The number of aliphatic hydroxyl groups excluding tert-OH is 2. The van der Waals surface area contributed by atoms with Gasteiger partial charge in [0.1, 0.15) is 0 Å². The minimum absolute atomic E-state index is 0.0794. The van der Waals surface area contributed by atoms with E-state index < -0.39 is 5.41 Å². The van der Waals surface area contributed by atoms with Crippen LogP contribution in [0, 0.1) is 0 Å². The lowest BCUT2D eigenvalue weighted by atomic mass is 9.78. The van der Waals surface area contributed by atoms with Gasteiger partial charge in [-0.05, 0) is 29.5 Å². The van der Waals surface area contributed by atoms with Crippen LogP contribution in [-0.4, -0.2) is 23.4 Å². The van der Waals surface area contributed by atoms with E-state index in [-0.39, 0.29) is 13.2 Å². The van der Waals surface area contributed by atoms with Crippen LogP contribution in [0.2, 0.25) is 0 Å². The minimum atomic E-state index is -0.634. The van der Waals surface area contributed by atoms with Gasteiger partial charge in [-0.1, -0.05) is 40.2 Å². The molecule has 0 radical (unpaired) electrons. The van der Waals surface area contributed by atoms with E-state index in [1.165, 1.54) is 0 Å². The van der Waals surface area contributed by atoms with Crippen molar-refractivity contribution in [3.05, 3.63) is 56.7 Å². The second-order valence-corrected chi connectivity index (χ2v) is 6.22. The molecule has 1 heterocycles. The van der Waals surface area contributed by atoms with Crippen molar-refractivity contribution >= 4 is 27.3 Å². The molecular weight excluding hydrogens is 312 g/mol. The van der Waals surface area contributed by atoms with Crippen LogP contribution < -0.4 is 0 Å². The Morgan fingerprint density at radius 3 is 2.33 bits per heavy atom. The third-order valence-corrected chi connectivity index (χ3v) is 4.71. The number of rotatable bonds is 5. The van der Waals surface area contributed by atoms with Crippen LogP contribution >= 0.6 is 27.3 Å². The molecule has 0 aliphatic heterocycles. The molecule has 0 fully saturated rings. The molecule has 0 aliphatic rings. The molecule has 0 unspecified atom stereocenters. The molecule has 0 bridgehead atoms. The Morgan fingerprint density at radius 1 is 1.06 bits per heavy atom. The second kappa shape index (κ2) is 5.97. The van der Waals surface area contributed by atoms with Gasteiger partial charge in [0.15, 0.2) is 0 Å². The lowest BCUT2D eigenvalue weighted by Gasteiger charge is -2.31. The van der Waals surface area contributed by atoms with Crippen molar-refractivity contribution in [1.82, 2.24) is 0 Å². The van der Waals surface area contributed by atoms with Crippen molar-refractivity contribution in [3.8, 4) is 0 Å². The molecule has 1 aromatic carbocycles. The Labute approximate surface area is 119 Å². The molecule has 18 heavy (non-hydrogen) atoms. The van der Waals surface area contributed by atoms with Crippen molar-refractivity contribution in [2.75, 3.05) is 13.2 Å². The molecule has 0 atom stereocenters. The number of halogens is 1. The summed E-state index contributed by atoms with van der Waals surface area (Å²) in [5.74, 6) is 0. The fourth-order valence-electron chi connectivity index (χ4n) is 2.07. The molecule has 2 aromatic rings. The first-order valence-electron chi connectivity index (χ1n) is 5.71. The predicted molar refractivity (Wildman–Crippen MR) is 78.0 cm³/mol. The molecular formula is C14H15BrO2S. The van der Waals surface area contributed by atoms with E-state index in [2.05, 4.69) is 15.9 Å². The molecule has 96 valence electrons. The van der Waals surface area contributed by atoms with Crippen LogP contribution in [0.5, 0.6) is 0 Å². The summed E-state index contributed by atoms with van der Waals surface area (Å²) in [5, 5.41) is 21.6. The first-order valence-corrected chi connectivity index (χ1v) is 7.38. The molecule has 1 aromatic heterocycles.